The van der Waals surface area contributed by atoms with E-state index < -0.39 is 0 Å². The normalized spacial score (nSPS) is 12.7. The Morgan fingerprint density at radius 2 is 2.06 bits per heavy atom. The minimum atomic E-state index is -0.163. The maximum Gasteiger partial charge on any atom is 0.137 e. The van der Waals surface area contributed by atoms with E-state index in [1.165, 1.54) is 18.9 Å². The van der Waals surface area contributed by atoms with Gasteiger partial charge in [0.05, 0.1) is 4.47 Å². The molecule has 0 aliphatic heterocycles. The zero-order chi connectivity index (χ0) is 13.4. The lowest BCUT2D eigenvalue weighted by molar-refractivity contribution is 0.447. The van der Waals surface area contributed by atoms with Gasteiger partial charge in [0.2, 0.25) is 0 Å². The number of hydrogen-bond donors (Lipinski definition) is 1. The Morgan fingerprint density at radius 1 is 1.28 bits per heavy atom. The van der Waals surface area contributed by atoms with Gasteiger partial charge in [-0.05, 0) is 59.8 Å². The fourth-order valence-corrected chi connectivity index (χ4v) is 2.73. The van der Waals surface area contributed by atoms with Crippen LogP contribution < -0.4 is 5.32 Å². The van der Waals surface area contributed by atoms with Crippen molar-refractivity contribution in [3.05, 3.63) is 34.1 Å². The van der Waals surface area contributed by atoms with Gasteiger partial charge in [-0.2, -0.15) is 0 Å². The molecule has 0 bridgehead atoms. The smallest absolute Gasteiger partial charge is 0.137 e. The topological polar surface area (TPSA) is 12.0 Å². The van der Waals surface area contributed by atoms with Crippen LogP contribution in [-0.4, -0.2) is 12.6 Å². The molecule has 0 aliphatic rings. The molecular weight excluding hydrogens is 293 g/mol. The molecule has 1 unspecified atom stereocenters. The second-order valence-corrected chi connectivity index (χ2v) is 5.44. The average Bonchev–Trinajstić information content (AvgIpc) is 2.35. The van der Waals surface area contributed by atoms with E-state index in [4.69, 9.17) is 0 Å². The highest BCUT2D eigenvalue weighted by Gasteiger charge is 2.08. The molecule has 0 spiro atoms. The summed E-state index contributed by atoms with van der Waals surface area (Å²) in [4.78, 5) is 0. The first-order valence-corrected chi connectivity index (χ1v) is 7.64. The molecule has 1 atom stereocenters. The van der Waals surface area contributed by atoms with Gasteiger partial charge in [0.1, 0.15) is 5.82 Å². The van der Waals surface area contributed by atoms with Crippen LogP contribution in [0.2, 0.25) is 0 Å². The van der Waals surface area contributed by atoms with Gasteiger partial charge in [-0.25, -0.2) is 4.39 Å². The molecule has 0 amide bonds. The molecule has 102 valence electrons. The van der Waals surface area contributed by atoms with Gasteiger partial charge in [0.25, 0.3) is 0 Å². The third kappa shape index (κ3) is 5.07. The lowest BCUT2D eigenvalue weighted by Crippen LogP contribution is -2.28. The van der Waals surface area contributed by atoms with Crippen molar-refractivity contribution in [1.82, 2.24) is 5.32 Å². The van der Waals surface area contributed by atoms with Crippen LogP contribution in [0.1, 0.15) is 45.1 Å². The van der Waals surface area contributed by atoms with Crippen molar-refractivity contribution in [3.63, 3.8) is 0 Å². The van der Waals surface area contributed by atoms with Crippen molar-refractivity contribution in [2.45, 2.75) is 52.0 Å². The molecule has 1 aromatic carbocycles. The van der Waals surface area contributed by atoms with E-state index in [9.17, 15) is 4.39 Å². The van der Waals surface area contributed by atoms with Crippen LogP contribution in [0.4, 0.5) is 4.39 Å². The van der Waals surface area contributed by atoms with E-state index in [2.05, 4.69) is 35.1 Å². The summed E-state index contributed by atoms with van der Waals surface area (Å²) >= 11 is 3.32. The quantitative estimate of drug-likeness (QED) is 0.734. The van der Waals surface area contributed by atoms with Crippen LogP contribution in [0.5, 0.6) is 0 Å². The summed E-state index contributed by atoms with van der Waals surface area (Å²) in [6.45, 7) is 5.38. The van der Waals surface area contributed by atoms with Gasteiger partial charge < -0.3 is 5.32 Å². The van der Waals surface area contributed by atoms with Crippen LogP contribution in [-0.2, 0) is 6.42 Å². The zero-order valence-corrected chi connectivity index (χ0v) is 12.9. The van der Waals surface area contributed by atoms with Crippen molar-refractivity contribution < 1.29 is 4.39 Å². The Hall–Kier alpha value is -0.410. The molecule has 1 nitrogen and oxygen atoms in total. The standard InChI is InChI=1S/C15H23BrFN/c1-3-7-13(18-4-2)10-5-8-12-9-6-11-14(17)15(12)16/h6,9,11,13,18H,3-5,7-8,10H2,1-2H3. The summed E-state index contributed by atoms with van der Waals surface area (Å²) in [7, 11) is 0. The largest absolute Gasteiger partial charge is 0.314 e. The molecule has 1 aromatic rings. The molecular formula is C15H23BrFN. The third-order valence-electron chi connectivity index (χ3n) is 3.16. The van der Waals surface area contributed by atoms with Crippen LogP contribution in [0.15, 0.2) is 22.7 Å². The van der Waals surface area contributed by atoms with Crippen molar-refractivity contribution in [1.29, 1.82) is 0 Å². The predicted molar refractivity (Wildman–Crippen MR) is 79.4 cm³/mol. The highest BCUT2D eigenvalue weighted by atomic mass is 79.9. The van der Waals surface area contributed by atoms with Crippen molar-refractivity contribution in [3.8, 4) is 0 Å². The van der Waals surface area contributed by atoms with Gasteiger partial charge in [-0.15, -0.1) is 0 Å². The maximum absolute atomic E-state index is 13.3. The highest BCUT2D eigenvalue weighted by molar-refractivity contribution is 9.10. The predicted octanol–water partition coefficient (Wildman–Crippen LogP) is 4.69. The van der Waals surface area contributed by atoms with Crippen LogP contribution >= 0.6 is 15.9 Å². The highest BCUT2D eigenvalue weighted by Crippen LogP contribution is 2.22. The van der Waals surface area contributed by atoms with E-state index in [0.717, 1.165) is 31.4 Å². The Balaban J connectivity index is 2.42. The van der Waals surface area contributed by atoms with Crippen LogP contribution in [0, 0.1) is 5.82 Å². The first kappa shape index (κ1) is 15.6. The molecule has 0 heterocycles. The van der Waals surface area contributed by atoms with E-state index in [-0.39, 0.29) is 5.82 Å². The molecule has 18 heavy (non-hydrogen) atoms. The number of benzene rings is 1. The van der Waals surface area contributed by atoms with E-state index in [1.807, 2.05) is 6.07 Å². The number of halogens is 2. The SMILES string of the molecule is CCCC(CCCc1cccc(F)c1Br)NCC. The summed E-state index contributed by atoms with van der Waals surface area (Å²) in [5, 5.41) is 3.51. The summed E-state index contributed by atoms with van der Waals surface area (Å²) < 4.78 is 14.0. The van der Waals surface area contributed by atoms with Crippen molar-refractivity contribution >= 4 is 15.9 Å². The first-order valence-electron chi connectivity index (χ1n) is 6.85. The molecule has 1 N–H and O–H groups in total. The monoisotopic (exact) mass is 315 g/mol. The van der Waals surface area contributed by atoms with Crippen LogP contribution in [0.25, 0.3) is 0 Å². The molecule has 0 saturated heterocycles. The second-order valence-electron chi connectivity index (χ2n) is 4.65. The zero-order valence-electron chi connectivity index (χ0n) is 11.3. The minimum Gasteiger partial charge on any atom is -0.314 e. The Kier molecular flexibility index (Phi) is 7.52. The molecule has 0 aliphatic carbocycles. The molecule has 3 heteroatoms. The lowest BCUT2D eigenvalue weighted by Gasteiger charge is -2.17. The number of aryl methyl sites for hydroxylation is 1. The Bertz CT molecular complexity index is 348. The second kappa shape index (κ2) is 8.65. The summed E-state index contributed by atoms with van der Waals surface area (Å²) in [6.07, 6.45) is 5.62. The summed E-state index contributed by atoms with van der Waals surface area (Å²) in [5.41, 5.74) is 1.07. The van der Waals surface area contributed by atoms with E-state index in [0.29, 0.717) is 10.5 Å². The number of nitrogens with one attached hydrogen (secondary N) is 1. The van der Waals surface area contributed by atoms with E-state index in [1.54, 1.807) is 6.07 Å². The molecule has 1 rings (SSSR count). The van der Waals surface area contributed by atoms with Gasteiger partial charge in [-0.1, -0.05) is 32.4 Å². The van der Waals surface area contributed by atoms with Gasteiger partial charge in [0.15, 0.2) is 0 Å². The average molecular weight is 316 g/mol. The maximum atomic E-state index is 13.3. The number of hydrogen-bond acceptors (Lipinski definition) is 1. The van der Waals surface area contributed by atoms with Crippen molar-refractivity contribution in [2.24, 2.45) is 0 Å². The van der Waals surface area contributed by atoms with Gasteiger partial charge >= 0.3 is 0 Å². The molecule has 0 radical (unpaired) electrons. The van der Waals surface area contributed by atoms with Crippen molar-refractivity contribution in [2.75, 3.05) is 6.54 Å². The summed E-state index contributed by atoms with van der Waals surface area (Å²) in [5.74, 6) is -0.163. The number of rotatable bonds is 8. The molecule has 0 fully saturated rings. The minimum absolute atomic E-state index is 0.163. The van der Waals surface area contributed by atoms with Crippen LogP contribution in [0.3, 0.4) is 0 Å². The fourth-order valence-electron chi connectivity index (χ4n) is 2.27. The fraction of sp³-hybridized carbons (Fsp3) is 0.600. The van der Waals surface area contributed by atoms with Gasteiger partial charge in [0, 0.05) is 6.04 Å². The molecule has 0 aromatic heterocycles. The van der Waals surface area contributed by atoms with E-state index >= 15 is 0 Å². The van der Waals surface area contributed by atoms with Gasteiger partial charge in [-0.3, -0.25) is 0 Å². The summed E-state index contributed by atoms with van der Waals surface area (Å²) in [6, 6.07) is 5.87. The molecule has 0 saturated carbocycles. The Labute approximate surface area is 118 Å². The third-order valence-corrected chi connectivity index (χ3v) is 4.05. The first-order chi connectivity index (χ1) is 8.69. The lowest BCUT2D eigenvalue weighted by atomic mass is 10.0. The Morgan fingerprint density at radius 3 is 2.72 bits per heavy atom.